The van der Waals surface area contributed by atoms with E-state index in [1.807, 2.05) is 25.1 Å². The van der Waals surface area contributed by atoms with Crippen molar-refractivity contribution in [1.29, 1.82) is 0 Å². The van der Waals surface area contributed by atoms with E-state index in [0.29, 0.717) is 34.9 Å². The Labute approximate surface area is 150 Å². The Morgan fingerprint density at radius 3 is 3.19 bits per heavy atom. The molecule has 1 aromatic carbocycles. The Hall–Kier alpha value is -2.93. The second kappa shape index (κ2) is 6.76. The van der Waals surface area contributed by atoms with Gasteiger partial charge in [0.1, 0.15) is 11.3 Å². The number of ether oxygens (including phenoxy) is 1. The lowest BCUT2D eigenvalue weighted by atomic mass is 10.1. The van der Waals surface area contributed by atoms with E-state index >= 15 is 0 Å². The number of H-pyrrole nitrogens is 1. The average molecular weight is 352 g/mol. The Balaban J connectivity index is 1.61. The van der Waals surface area contributed by atoms with Crippen LogP contribution >= 0.6 is 0 Å². The van der Waals surface area contributed by atoms with Crippen molar-refractivity contribution in [2.24, 2.45) is 0 Å². The van der Waals surface area contributed by atoms with Gasteiger partial charge in [-0.05, 0) is 42.5 Å². The van der Waals surface area contributed by atoms with Crippen molar-refractivity contribution in [2.45, 2.75) is 32.3 Å². The molecule has 7 heteroatoms. The number of aliphatic hydroxyl groups is 1. The predicted octanol–water partition coefficient (Wildman–Crippen LogP) is 2.87. The summed E-state index contributed by atoms with van der Waals surface area (Å²) in [4.78, 5) is 23.9. The molecule has 7 nitrogen and oxygen atoms in total. The molecule has 1 amide bonds. The number of hydrogen-bond donors (Lipinski definition) is 3. The van der Waals surface area contributed by atoms with E-state index in [1.54, 1.807) is 6.20 Å². The Morgan fingerprint density at radius 2 is 2.35 bits per heavy atom. The van der Waals surface area contributed by atoms with Crippen LogP contribution in [-0.4, -0.2) is 32.5 Å². The van der Waals surface area contributed by atoms with Crippen molar-refractivity contribution in [1.82, 2.24) is 20.3 Å². The van der Waals surface area contributed by atoms with Gasteiger partial charge in [0, 0.05) is 12.7 Å². The van der Waals surface area contributed by atoms with E-state index < -0.39 is 6.10 Å². The topological polar surface area (TPSA) is 100 Å². The van der Waals surface area contributed by atoms with Crippen LogP contribution in [0.15, 0.2) is 30.6 Å². The Kier molecular flexibility index (Phi) is 4.30. The van der Waals surface area contributed by atoms with Crippen LogP contribution in [0.25, 0.3) is 11.2 Å². The lowest BCUT2D eigenvalue weighted by Crippen LogP contribution is -2.23. The minimum Gasteiger partial charge on any atom is -0.437 e. The highest BCUT2D eigenvalue weighted by Gasteiger charge is 2.21. The monoisotopic (exact) mass is 352 g/mol. The fourth-order valence-electron chi connectivity index (χ4n) is 3.17. The van der Waals surface area contributed by atoms with E-state index in [2.05, 4.69) is 20.3 Å². The number of rotatable bonds is 5. The summed E-state index contributed by atoms with van der Waals surface area (Å²) in [5.41, 5.74) is 3.49. The van der Waals surface area contributed by atoms with Gasteiger partial charge in [-0.25, -0.2) is 9.97 Å². The van der Waals surface area contributed by atoms with Gasteiger partial charge in [0.15, 0.2) is 5.65 Å². The summed E-state index contributed by atoms with van der Waals surface area (Å²) in [6.45, 7) is 2.60. The molecule has 0 radical (unpaired) electrons. The zero-order valence-corrected chi connectivity index (χ0v) is 14.5. The number of nitrogens with one attached hydrogen (secondary N) is 2. The maximum Gasteiger partial charge on any atom is 0.255 e. The number of aliphatic hydroxyl groups excluding tert-OH is 1. The number of aromatic amines is 1. The first-order valence-corrected chi connectivity index (χ1v) is 8.76. The molecule has 134 valence electrons. The molecule has 0 fully saturated rings. The molecule has 4 rings (SSSR count). The summed E-state index contributed by atoms with van der Waals surface area (Å²) >= 11 is 0. The van der Waals surface area contributed by atoms with E-state index in [9.17, 15) is 9.90 Å². The van der Waals surface area contributed by atoms with Gasteiger partial charge >= 0.3 is 0 Å². The standard InChI is InChI=1S/C19H20N4O3/c1-2-7-20-19(25)14-9-21-18-17(14)23-16(10-22-18)26-12-5-3-11-4-6-15(24)13(11)8-12/h3,5,8-10,15,24H,2,4,6-7H2,1H3,(H,20,25)(H,21,22)/t15-/m0/s1. The fraction of sp³-hybridized carbons (Fsp3) is 0.316. The molecule has 0 spiro atoms. The first-order valence-electron chi connectivity index (χ1n) is 8.76. The summed E-state index contributed by atoms with van der Waals surface area (Å²) in [7, 11) is 0. The molecule has 3 N–H and O–H groups in total. The Bertz CT molecular complexity index is 967. The Morgan fingerprint density at radius 1 is 1.46 bits per heavy atom. The van der Waals surface area contributed by atoms with Gasteiger partial charge in [-0.3, -0.25) is 4.79 Å². The molecule has 2 heterocycles. The van der Waals surface area contributed by atoms with Crippen LogP contribution in [0.4, 0.5) is 0 Å². The number of aryl methyl sites for hydroxylation is 1. The third-order valence-electron chi connectivity index (χ3n) is 4.52. The van der Waals surface area contributed by atoms with Crippen LogP contribution in [-0.2, 0) is 6.42 Å². The largest absolute Gasteiger partial charge is 0.437 e. The van der Waals surface area contributed by atoms with Crippen molar-refractivity contribution in [2.75, 3.05) is 6.54 Å². The van der Waals surface area contributed by atoms with Gasteiger partial charge in [0.2, 0.25) is 5.88 Å². The quantitative estimate of drug-likeness (QED) is 0.655. The maximum absolute atomic E-state index is 12.2. The second-order valence-electron chi connectivity index (χ2n) is 6.38. The third kappa shape index (κ3) is 3.01. The predicted molar refractivity (Wildman–Crippen MR) is 96.3 cm³/mol. The summed E-state index contributed by atoms with van der Waals surface area (Å²) in [5, 5.41) is 12.9. The number of fused-ring (bicyclic) bond motifs is 2. The molecular formula is C19H20N4O3. The van der Waals surface area contributed by atoms with Crippen molar-refractivity contribution in [3.8, 4) is 11.6 Å². The molecule has 0 unspecified atom stereocenters. The molecule has 0 bridgehead atoms. The number of carbonyl (C=O) groups is 1. The van der Waals surface area contributed by atoms with Gasteiger partial charge in [-0.15, -0.1) is 0 Å². The number of aromatic nitrogens is 3. The smallest absolute Gasteiger partial charge is 0.255 e. The summed E-state index contributed by atoms with van der Waals surface area (Å²) < 4.78 is 5.82. The molecule has 1 aliphatic rings. The highest BCUT2D eigenvalue weighted by molar-refractivity contribution is 6.04. The van der Waals surface area contributed by atoms with E-state index in [1.165, 1.54) is 6.20 Å². The number of carbonyl (C=O) groups excluding carboxylic acids is 1. The van der Waals surface area contributed by atoms with Crippen LogP contribution < -0.4 is 10.1 Å². The number of amides is 1. The van der Waals surface area contributed by atoms with Gasteiger partial charge in [0.05, 0.1) is 17.9 Å². The highest BCUT2D eigenvalue weighted by atomic mass is 16.5. The summed E-state index contributed by atoms with van der Waals surface area (Å²) in [5.74, 6) is 0.699. The van der Waals surface area contributed by atoms with Crippen LogP contribution in [0.3, 0.4) is 0 Å². The SMILES string of the molecule is CCCNC(=O)c1c[nH]c2ncc(Oc3ccc4c(c3)[C@@H](O)CC4)nc12. The minimum atomic E-state index is -0.444. The lowest BCUT2D eigenvalue weighted by molar-refractivity contribution is 0.0955. The van der Waals surface area contributed by atoms with Crippen molar-refractivity contribution in [3.05, 3.63) is 47.3 Å². The average Bonchev–Trinajstić information content (AvgIpc) is 3.23. The first-order chi connectivity index (χ1) is 12.7. The zero-order chi connectivity index (χ0) is 18.1. The van der Waals surface area contributed by atoms with Gasteiger partial charge < -0.3 is 20.1 Å². The maximum atomic E-state index is 12.2. The molecule has 26 heavy (non-hydrogen) atoms. The molecule has 2 aromatic heterocycles. The molecule has 3 aromatic rings. The molecule has 0 aliphatic heterocycles. The van der Waals surface area contributed by atoms with Crippen LogP contribution in [0.2, 0.25) is 0 Å². The minimum absolute atomic E-state index is 0.190. The van der Waals surface area contributed by atoms with Crippen LogP contribution in [0, 0.1) is 0 Å². The summed E-state index contributed by atoms with van der Waals surface area (Å²) in [6, 6.07) is 5.66. The molecule has 0 saturated carbocycles. The molecular weight excluding hydrogens is 332 g/mol. The normalized spacial score (nSPS) is 15.8. The molecule has 0 saturated heterocycles. The van der Waals surface area contributed by atoms with Gasteiger partial charge in [-0.1, -0.05) is 13.0 Å². The van der Waals surface area contributed by atoms with E-state index in [0.717, 1.165) is 30.4 Å². The second-order valence-corrected chi connectivity index (χ2v) is 6.38. The van der Waals surface area contributed by atoms with E-state index in [-0.39, 0.29) is 5.91 Å². The van der Waals surface area contributed by atoms with Crippen molar-refractivity contribution < 1.29 is 14.6 Å². The highest BCUT2D eigenvalue weighted by Crippen LogP contribution is 2.34. The van der Waals surface area contributed by atoms with Crippen LogP contribution in [0.1, 0.15) is 47.4 Å². The number of hydrogen-bond acceptors (Lipinski definition) is 5. The van der Waals surface area contributed by atoms with Crippen LogP contribution in [0.5, 0.6) is 11.6 Å². The van der Waals surface area contributed by atoms with Gasteiger partial charge in [0.25, 0.3) is 5.91 Å². The number of nitrogens with zero attached hydrogens (tertiary/aromatic N) is 2. The van der Waals surface area contributed by atoms with Gasteiger partial charge in [-0.2, -0.15) is 0 Å². The van der Waals surface area contributed by atoms with Crippen molar-refractivity contribution >= 4 is 17.1 Å². The third-order valence-corrected chi connectivity index (χ3v) is 4.52. The number of benzene rings is 1. The van der Waals surface area contributed by atoms with Crippen molar-refractivity contribution in [3.63, 3.8) is 0 Å². The van der Waals surface area contributed by atoms with E-state index in [4.69, 9.17) is 4.74 Å². The fourth-order valence-corrected chi connectivity index (χ4v) is 3.17. The lowest BCUT2D eigenvalue weighted by Gasteiger charge is -2.09. The molecule has 1 atom stereocenters. The first kappa shape index (κ1) is 16.5. The molecule has 1 aliphatic carbocycles. The summed E-state index contributed by atoms with van der Waals surface area (Å²) in [6.07, 6.45) is 5.15. The zero-order valence-electron chi connectivity index (χ0n) is 14.5.